The third-order valence-corrected chi connectivity index (χ3v) is 3.51. The number of rotatable bonds is 6. The van der Waals surface area contributed by atoms with Gasteiger partial charge in [-0.3, -0.25) is 14.5 Å². The average Bonchev–Trinajstić information content (AvgIpc) is 2.53. The van der Waals surface area contributed by atoms with Crippen LogP contribution in [0.1, 0.15) is 24.2 Å². The molecule has 1 heterocycles. The van der Waals surface area contributed by atoms with E-state index in [1.807, 2.05) is 0 Å². The van der Waals surface area contributed by atoms with Crippen LogP contribution in [0.25, 0.3) is 0 Å². The van der Waals surface area contributed by atoms with Crippen LogP contribution in [0.2, 0.25) is 0 Å². The minimum atomic E-state index is -0.829. The van der Waals surface area contributed by atoms with Gasteiger partial charge in [-0.15, -0.1) is 0 Å². The molecule has 0 radical (unpaired) electrons. The summed E-state index contributed by atoms with van der Waals surface area (Å²) in [6.45, 7) is 3.23. The molecule has 1 aromatic rings. The van der Waals surface area contributed by atoms with Crippen molar-refractivity contribution < 1.29 is 28.6 Å². The van der Waals surface area contributed by atoms with E-state index < -0.39 is 12.0 Å². The van der Waals surface area contributed by atoms with Crippen LogP contribution in [0, 0.1) is 0 Å². The Hall–Kier alpha value is -2.41. The molecule has 1 atom stereocenters. The van der Waals surface area contributed by atoms with E-state index in [4.69, 9.17) is 14.2 Å². The number of anilines is 1. The molecule has 0 aliphatic carbocycles. The summed E-state index contributed by atoms with van der Waals surface area (Å²) in [6, 6.07) is 3.96. The fourth-order valence-corrected chi connectivity index (χ4v) is 2.27. The largest absolute Gasteiger partial charge is 0.482 e. The monoisotopic (exact) mass is 321 g/mol. The van der Waals surface area contributed by atoms with E-state index in [0.717, 1.165) is 0 Å². The second kappa shape index (κ2) is 7.23. The summed E-state index contributed by atoms with van der Waals surface area (Å²) < 4.78 is 15.2. The van der Waals surface area contributed by atoms with Crippen molar-refractivity contribution in [3.05, 3.63) is 23.8 Å². The molecule has 0 saturated carbocycles. The third-order valence-electron chi connectivity index (χ3n) is 3.51. The smallest absolute Gasteiger partial charge is 0.329 e. The SMILES string of the molecule is COCCOC(=O)C(C)N1C(=O)COc2ccc(C(C)=O)cc21. The molecule has 0 spiro atoms. The first-order valence-electron chi connectivity index (χ1n) is 7.21. The molecular formula is C16H19NO6. The first kappa shape index (κ1) is 17.0. The second-order valence-electron chi connectivity index (χ2n) is 5.13. The van der Waals surface area contributed by atoms with Crippen molar-refractivity contribution in [2.45, 2.75) is 19.9 Å². The van der Waals surface area contributed by atoms with Gasteiger partial charge in [-0.1, -0.05) is 0 Å². The van der Waals surface area contributed by atoms with Crippen molar-refractivity contribution in [3.8, 4) is 5.75 Å². The molecule has 1 aliphatic heterocycles. The predicted octanol–water partition coefficient (Wildman–Crippen LogP) is 1.19. The summed E-state index contributed by atoms with van der Waals surface area (Å²) in [5, 5.41) is 0. The topological polar surface area (TPSA) is 82.1 Å². The predicted molar refractivity (Wildman–Crippen MR) is 81.7 cm³/mol. The molecule has 0 aromatic heterocycles. The number of Topliss-reactive ketones (excluding diaryl/α,β-unsaturated/α-hetero) is 1. The number of hydrogen-bond donors (Lipinski definition) is 0. The number of carbonyl (C=O) groups is 3. The van der Waals surface area contributed by atoms with Gasteiger partial charge in [-0.05, 0) is 32.0 Å². The second-order valence-corrected chi connectivity index (χ2v) is 5.13. The van der Waals surface area contributed by atoms with E-state index in [1.165, 1.54) is 18.9 Å². The van der Waals surface area contributed by atoms with Crippen LogP contribution < -0.4 is 9.64 Å². The summed E-state index contributed by atoms with van der Waals surface area (Å²) >= 11 is 0. The zero-order chi connectivity index (χ0) is 17.0. The van der Waals surface area contributed by atoms with Crippen molar-refractivity contribution in [1.82, 2.24) is 0 Å². The number of nitrogens with zero attached hydrogens (tertiary/aromatic N) is 1. The molecule has 0 N–H and O–H groups in total. The third kappa shape index (κ3) is 3.68. The zero-order valence-corrected chi connectivity index (χ0v) is 13.3. The number of benzene rings is 1. The molecule has 1 amide bonds. The van der Waals surface area contributed by atoms with Gasteiger partial charge in [-0.2, -0.15) is 0 Å². The van der Waals surface area contributed by atoms with Gasteiger partial charge in [0.05, 0.1) is 12.3 Å². The minimum Gasteiger partial charge on any atom is -0.482 e. The number of amides is 1. The highest BCUT2D eigenvalue weighted by molar-refractivity contribution is 6.04. The Bertz CT molecular complexity index is 627. The number of fused-ring (bicyclic) bond motifs is 1. The lowest BCUT2D eigenvalue weighted by atomic mass is 10.1. The highest BCUT2D eigenvalue weighted by Gasteiger charge is 2.34. The van der Waals surface area contributed by atoms with Crippen molar-refractivity contribution >= 4 is 23.3 Å². The van der Waals surface area contributed by atoms with E-state index in [0.29, 0.717) is 17.0 Å². The number of esters is 1. The molecule has 1 unspecified atom stereocenters. The number of carbonyl (C=O) groups excluding carboxylic acids is 3. The van der Waals surface area contributed by atoms with Gasteiger partial charge in [0, 0.05) is 12.7 Å². The van der Waals surface area contributed by atoms with Crippen LogP contribution >= 0.6 is 0 Å². The number of hydrogen-bond acceptors (Lipinski definition) is 6. The maximum atomic E-state index is 12.2. The Morgan fingerprint density at radius 3 is 2.74 bits per heavy atom. The van der Waals surface area contributed by atoms with Crippen LogP contribution in [0.4, 0.5) is 5.69 Å². The quantitative estimate of drug-likeness (QED) is 0.445. The van der Waals surface area contributed by atoms with Crippen molar-refractivity contribution in [2.75, 3.05) is 31.8 Å². The van der Waals surface area contributed by atoms with E-state index >= 15 is 0 Å². The highest BCUT2D eigenvalue weighted by atomic mass is 16.6. The molecular weight excluding hydrogens is 302 g/mol. The molecule has 0 bridgehead atoms. The number of methoxy groups -OCH3 is 1. The van der Waals surface area contributed by atoms with Crippen LogP contribution in [-0.4, -0.2) is 50.6 Å². The minimum absolute atomic E-state index is 0.110. The lowest BCUT2D eigenvalue weighted by molar-refractivity contribution is -0.147. The summed E-state index contributed by atoms with van der Waals surface area (Å²) in [5.41, 5.74) is 0.831. The van der Waals surface area contributed by atoms with Crippen molar-refractivity contribution in [3.63, 3.8) is 0 Å². The Kier molecular flexibility index (Phi) is 5.33. The van der Waals surface area contributed by atoms with Gasteiger partial charge in [0.25, 0.3) is 5.91 Å². The van der Waals surface area contributed by atoms with Gasteiger partial charge in [0.1, 0.15) is 18.4 Å². The number of ether oxygens (including phenoxy) is 3. The lowest BCUT2D eigenvalue weighted by Gasteiger charge is -2.33. The van der Waals surface area contributed by atoms with Crippen LogP contribution in [0.15, 0.2) is 18.2 Å². The van der Waals surface area contributed by atoms with Crippen LogP contribution in [0.3, 0.4) is 0 Å². The van der Waals surface area contributed by atoms with Gasteiger partial charge in [-0.25, -0.2) is 4.79 Å². The maximum Gasteiger partial charge on any atom is 0.329 e. The molecule has 1 aliphatic rings. The molecule has 7 heteroatoms. The van der Waals surface area contributed by atoms with E-state index in [1.54, 1.807) is 25.1 Å². The molecule has 0 saturated heterocycles. The highest BCUT2D eigenvalue weighted by Crippen LogP contribution is 2.34. The fraction of sp³-hybridized carbons (Fsp3) is 0.438. The van der Waals surface area contributed by atoms with Crippen LogP contribution in [-0.2, 0) is 19.1 Å². The first-order valence-corrected chi connectivity index (χ1v) is 7.21. The Labute approximate surface area is 134 Å². The van der Waals surface area contributed by atoms with Gasteiger partial charge in [0.15, 0.2) is 12.4 Å². The lowest BCUT2D eigenvalue weighted by Crippen LogP contribution is -2.48. The molecule has 2 rings (SSSR count). The first-order chi connectivity index (χ1) is 11.0. The average molecular weight is 321 g/mol. The van der Waals surface area contributed by atoms with Gasteiger partial charge >= 0.3 is 5.97 Å². The summed E-state index contributed by atoms with van der Waals surface area (Å²) in [5.74, 6) is -0.599. The summed E-state index contributed by atoms with van der Waals surface area (Å²) in [4.78, 5) is 37.2. The molecule has 0 fully saturated rings. The Morgan fingerprint density at radius 2 is 2.09 bits per heavy atom. The fourth-order valence-electron chi connectivity index (χ4n) is 2.27. The molecule has 124 valence electrons. The zero-order valence-electron chi connectivity index (χ0n) is 13.3. The van der Waals surface area contributed by atoms with E-state index in [2.05, 4.69) is 0 Å². The maximum absolute atomic E-state index is 12.2. The van der Waals surface area contributed by atoms with Crippen LogP contribution in [0.5, 0.6) is 5.75 Å². The molecule has 7 nitrogen and oxygen atoms in total. The number of ketones is 1. The standard InChI is InChI=1S/C16H19NO6/c1-10(16(20)22-7-6-21-3)17-13-8-12(11(2)18)4-5-14(13)23-9-15(17)19/h4-5,8,10H,6-7,9H2,1-3H3. The normalized spacial score (nSPS) is 14.7. The van der Waals surface area contributed by atoms with E-state index in [9.17, 15) is 14.4 Å². The molecule has 1 aromatic carbocycles. The Balaban J connectivity index is 2.28. The van der Waals surface area contributed by atoms with E-state index in [-0.39, 0.29) is 31.5 Å². The molecule has 23 heavy (non-hydrogen) atoms. The van der Waals surface area contributed by atoms with Crippen molar-refractivity contribution in [1.29, 1.82) is 0 Å². The summed E-state index contributed by atoms with van der Waals surface area (Å²) in [7, 11) is 1.50. The summed E-state index contributed by atoms with van der Waals surface area (Å²) in [6.07, 6.45) is 0. The Morgan fingerprint density at radius 1 is 1.35 bits per heavy atom. The van der Waals surface area contributed by atoms with Gasteiger partial charge in [0.2, 0.25) is 0 Å². The van der Waals surface area contributed by atoms with Crippen molar-refractivity contribution in [2.24, 2.45) is 0 Å². The van der Waals surface area contributed by atoms with Gasteiger partial charge < -0.3 is 14.2 Å².